The zero-order chi connectivity index (χ0) is 15.5. The summed E-state index contributed by atoms with van der Waals surface area (Å²) in [6.45, 7) is 1.98. The summed E-state index contributed by atoms with van der Waals surface area (Å²) in [7, 11) is 0. The number of nitrogens with one attached hydrogen (secondary N) is 2. The summed E-state index contributed by atoms with van der Waals surface area (Å²) in [4.78, 5) is 12.2. The lowest BCUT2D eigenvalue weighted by Crippen LogP contribution is -2.12. The zero-order valence-corrected chi connectivity index (χ0v) is 12.7. The molecule has 0 saturated carbocycles. The molecular formula is C17H14ClN3O. The van der Waals surface area contributed by atoms with E-state index in [2.05, 4.69) is 15.5 Å². The number of aryl methyl sites for hydroxylation is 1. The molecule has 110 valence electrons. The molecule has 0 aliphatic rings. The Bertz CT molecular complexity index is 826. The maximum absolute atomic E-state index is 12.2. The maximum Gasteiger partial charge on any atom is 0.273 e. The van der Waals surface area contributed by atoms with Crippen molar-refractivity contribution in [2.24, 2.45) is 0 Å². The van der Waals surface area contributed by atoms with Crippen LogP contribution in [0.15, 0.2) is 54.6 Å². The average Bonchev–Trinajstić information content (AvgIpc) is 2.97. The maximum atomic E-state index is 12.2. The first-order chi connectivity index (χ1) is 10.6. The number of aromatic nitrogens is 2. The van der Waals surface area contributed by atoms with E-state index in [1.165, 1.54) is 0 Å². The Morgan fingerprint density at radius 2 is 1.95 bits per heavy atom. The standard InChI is InChI=1S/C17H14ClN3O/c1-11-4-2-7-14(8-11)19-17(22)16-10-15(20-21-16)12-5-3-6-13(18)9-12/h2-10H,1H3,(H,19,22)(H,20,21). The molecular weight excluding hydrogens is 298 g/mol. The van der Waals surface area contributed by atoms with Crippen molar-refractivity contribution < 1.29 is 4.79 Å². The number of anilines is 1. The fourth-order valence-electron chi connectivity index (χ4n) is 2.15. The summed E-state index contributed by atoms with van der Waals surface area (Å²) in [5.74, 6) is -0.230. The van der Waals surface area contributed by atoms with Crippen molar-refractivity contribution in [2.45, 2.75) is 6.92 Å². The van der Waals surface area contributed by atoms with Gasteiger partial charge >= 0.3 is 0 Å². The molecule has 0 fully saturated rings. The van der Waals surface area contributed by atoms with Crippen molar-refractivity contribution in [3.63, 3.8) is 0 Å². The largest absolute Gasteiger partial charge is 0.321 e. The van der Waals surface area contributed by atoms with Gasteiger partial charge in [0.15, 0.2) is 0 Å². The van der Waals surface area contributed by atoms with E-state index in [4.69, 9.17) is 11.6 Å². The van der Waals surface area contributed by atoms with E-state index < -0.39 is 0 Å². The van der Waals surface area contributed by atoms with Gasteiger partial charge in [-0.3, -0.25) is 9.89 Å². The lowest BCUT2D eigenvalue weighted by atomic mass is 10.1. The molecule has 0 bridgehead atoms. The summed E-state index contributed by atoms with van der Waals surface area (Å²) in [5, 5.41) is 10.4. The monoisotopic (exact) mass is 311 g/mol. The second kappa shape index (κ2) is 6.03. The van der Waals surface area contributed by atoms with E-state index in [0.717, 1.165) is 16.8 Å². The van der Waals surface area contributed by atoms with Gasteiger partial charge in [0.2, 0.25) is 0 Å². The highest BCUT2D eigenvalue weighted by Crippen LogP contribution is 2.21. The average molecular weight is 312 g/mol. The van der Waals surface area contributed by atoms with Crippen LogP contribution in [0.25, 0.3) is 11.3 Å². The third kappa shape index (κ3) is 3.18. The Balaban J connectivity index is 1.80. The van der Waals surface area contributed by atoms with Gasteiger partial charge in [-0.1, -0.05) is 35.9 Å². The van der Waals surface area contributed by atoms with Gasteiger partial charge in [-0.05, 0) is 42.8 Å². The third-order valence-electron chi connectivity index (χ3n) is 3.22. The van der Waals surface area contributed by atoms with Crippen LogP contribution in [-0.2, 0) is 0 Å². The lowest BCUT2D eigenvalue weighted by molar-refractivity contribution is 0.102. The van der Waals surface area contributed by atoms with Crippen LogP contribution in [0.3, 0.4) is 0 Å². The van der Waals surface area contributed by atoms with Crippen LogP contribution in [-0.4, -0.2) is 16.1 Å². The molecule has 0 saturated heterocycles. The molecule has 0 radical (unpaired) electrons. The molecule has 22 heavy (non-hydrogen) atoms. The quantitative estimate of drug-likeness (QED) is 0.758. The topological polar surface area (TPSA) is 57.8 Å². The van der Waals surface area contributed by atoms with Crippen LogP contribution < -0.4 is 5.32 Å². The highest BCUT2D eigenvalue weighted by Gasteiger charge is 2.11. The first kappa shape index (κ1) is 14.4. The predicted molar refractivity (Wildman–Crippen MR) is 88.2 cm³/mol. The molecule has 2 aromatic carbocycles. The van der Waals surface area contributed by atoms with Crippen LogP contribution in [0.1, 0.15) is 16.1 Å². The fourth-order valence-corrected chi connectivity index (χ4v) is 2.35. The molecule has 5 heteroatoms. The number of aromatic amines is 1. The van der Waals surface area contributed by atoms with Crippen molar-refractivity contribution in [2.75, 3.05) is 5.32 Å². The van der Waals surface area contributed by atoms with E-state index in [-0.39, 0.29) is 5.91 Å². The lowest BCUT2D eigenvalue weighted by Gasteiger charge is -2.03. The summed E-state index contributed by atoms with van der Waals surface area (Å²) in [6.07, 6.45) is 0. The minimum absolute atomic E-state index is 0.230. The van der Waals surface area contributed by atoms with Gasteiger partial charge in [-0.25, -0.2) is 0 Å². The summed E-state index contributed by atoms with van der Waals surface area (Å²) < 4.78 is 0. The molecule has 1 aromatic heterocycles. The van der Waals surface area contributed by atoms with Crippen LogP contribution in [0.5, 0.6) is 0 Å². The van der Waals surface area contributed by atoms with Crippen molar-refractivity contribution in [1.29, 1.82) is 0 Å². The second-order valence-corrected chi connectivity index (χ2v) is 5.44. The molecule has 3 rings (SSSR count). The van der Waals surface area contributed by atoms with Crippen LogP contribution >= 0.6 is 11.6 Å². The second-order valence-electron chi connectivity index (χ2n) is 5.00. The number of hydrogen-bond donors (Lipinski definition) is 2. The van der Waals surface area contributed by atoms with Gasteiger partial charge in [0.25, 0.3) is 5.91 Å². The van der Waals surface area contributed by atoms with Gasteiger partial charge in [0, 0.05) is 16.3 Å². The Morgan fingerprint density at radius 3 is 2.73 bits per heavy atom. The van der Waals surface area contributed by atoms with Gasteiger partial charge in [-0.2, -0.15) is 5.10 Å². The number of halogens is 1. The van der Waals surface area contributed by atoms with E-state index >= 15 is 0 Å². The van der Waals surface area contributed by atoms with E-state index in [9.17, 15) is 4.79 Å². The van der Waals surface area contributed by atoms with Gasteiger partial charge in [-0.15, -0.1) is 0 Å². The summed E-state index contributed by atoms with van der Waals surface area (Å²) in [5.41, 5.74) is 3.78. The van der Waals surface area contributed by atoms with Crippen molar-refractivity contribution in [1.82, 2.24) is 10.2 Å². The minimum Gasteiger partial charge on any atom is -0.321 e. The predicted octanol–water partition coefficient (Wildman–Crippen LogP) is 4.29. The Morgan fingerprint density at radius 1 is 1.14 bits per heavy atom. The SMILES string of the molecule is Cc1cccc(NC(=O)c2cc(-c3cccc(Cl)c3)n[nH]2)c1. The zero-order valence-electron chi connectivity index (χ0n) is 11.9. The highest BCUT2D eigenvalue weighted by molar-refractivity contribution is 6.30. The van der Waals surface area contributed by atoms with Gasteiger partial charge < -0.3 is 5.32 Å². The minimum atomic E-state index is -0.230. The highest BCUT2D eigenvalue weighted by atomic mass is 35.5. The molecule has 0 atom stereocenters. The van der Waals surface area contributed by atoms with Crippen molar-refractivity contribution in [3.05, 3.63) is 70.9 Å². The van der Waals surface area contributed by atoms with E-state index in [1.54, 1.807) is 18.2 Å². The van der Waals surface area contributed by atoms with Gasteiger partial charge in [0.05, 0.1) is 5.69 Å². The first-order valence-electron chi connectivity index (χ1n) is 6.81. The first-order valence-corrected chi connectivity index (χ1v) is 7.19. The molecule has 0 unspecified atom stereocenters. The van der Waals surface area contributed by atoms with Crippen molar-refractivity contribution in [3.8, 4) is 11.3 Å². The molecule has 3 aromatic rings. The van der Waals surface area contributed by atoms with Gasteiger partial charge in [0.1, 0.15) is 5.69 Å². The van der Waals surface area contributed by atoms with Crippen LogP contribution in [0.4, 0.5) is 5.69 Å². The fraction of sp³-hybridized carbons (Fsp3) is 0.0588. The molecule has 1 heterocycles. The molecule has 0 spiro atoms. The number of rotatable bonds is 3. The third-order valence-corrected chi connectivity index (χ3v) is 3.45. The van der Waals surface area contributed by atoms with Crippen molar-refractivity contribution >= 4 is 23.2 Å². The number of nitrogens with zero attached hydrogens (tertiary/aromatic N) is 1. The molecule has 0 aliphatic heterocycles. The molecule has 2 N–H and O–H groups in total. The van der Waals surface area contributed by atoms with Crippen LogP contribution in [0.2, 0.25) is 5.02 Å². The number of carbonyl (C=O) groups is 1. The number of benzene rings is 2. The van der Waals surface area contributed by atoms with E-state index in [1.807, 2.05) is 43.3 Å². The number of hydrogen-bond acceptors (Lipinski definition) is 2. The number of amides is 1. The molecule has 0 aliphatic carbocycles. The Labute approximate surface area is 133 Å². The smallest absolute Gasteiger partial charge is 0.273 e. The Kier molecular flexibility index (Phi) is 3.94. The summed E-state index contributed by atoms with van der Waals surface area (Å²) in [6, 6.07) is 16.7. The molecule has 1 amide bonds. The number of H-pyrrole nitrogens is 1. The Hall–Kier alpha value is -2.59. The normalized spacial score (nSPS) is 10.5. The molecule has 4 nitrogen and oxygen atoms in total. The number of carbonyl (C=O) groups excluding carboxylic acids is 1. The summed E-state index contributed by atoms with van der Waals surface area (Å²) >= 11 is 5.97. The van der Waals surface area contributed by atoms with Crippen LogP contribution in [0, 0.1) is 6.92 Å². The van der Waals surface area contributed by atoms with E-state index in [0.29, 0.717) is 16.4 Å².